The largest absolute Gasteiger partial charge is 0.271 e. The molecule has 3 N–H and O–H groups in total. The molecule has 16 heavy (non-hydrogen) atoms. The predicted molar refractivity (Wildman–Crippen MR) is 73.3 cm³/mol. The number of hydrogen-bond acceptors (Lipinski definition) is 2. The van der Waals surface area contributed by atoms with Gasteiger partial charge in [-0.15, -0.1) is 0 Å². The fourth-order valence-corrected chi connectivity index (χ4v) is 2.67. The van der Waals surface area contributed by atoms with E-state index in [4.69, 9.17) is 17.4 Å². The second-order valence-corrected chi connectivity index (χ2v) is 5.18. The van der Waals surface area contributed by atoms with Crippen molar-refractivity contribution in [2.45, 2.75) is 32.7 Å². The Bertz CT molecular complexity index is 340. The second kappa shape index (κ2) is 6.60. The van der Waals surface area contributed by atoms with E-state index in [2.05, 4.69) is 35.2 Å². The summed E-state index contributed by atoms with van der Waals surface area (Å²) < 4.78 is 1.05. The molecule has 1 aromatic rings. The van der Waals surface area contributed by atoms with Crippen molar-refractivity contribution >= 4 is 27.5 Å². The number of hydrazine groups is 1. The van der Waals surface area contributed by atoms with Gasteiger partial charge in [0.25, 0.3) is 0 Å². The molecule has 0 aliphatic rings. The van der Waals surface area contributed by atoms with E-state index in [1.807, 2.05) is 18.2 Å². The van der Waals surface area contributed by atoms with E-state index < -0.39 is 0 Å². The molecule has 0 saturated heterocycles. The lowest BCUT2D eigenvalue weighted by Crippen LogP contribution is -2.33. The van der Waals surface area contributed by atoms with Crippen LogP contribution in [0.1, 0.15) is 38.3 Å². The van der Waals surface area contributed by atoms with Crippen molar-refractivity contribution in [1.29, 1.82) is 0 Å². The lowest BCUT2D eigenvalue weighted by Gasteiger charge is -2.26. The molecule has 4 heteroatoms. The summed E-state index contributed by atoms with van der Waals surface area (Å²) in [5.41, 5.74) is 4.03. The maximum atomic E-state index is 6.02. The van der Waals surface area contributed by atoms with Crippen molar-refractivity contribution in [2.75, 3.05) is 0 Å². The second-order valence-electron chi connectivity index (χ2n) is 3.89. The Morgan fingerprint density at radius 1 is 1.38 bits per heavy atom. The summed E-state index contributed by atoms with van der Waals surface area (Å²) in [6.07, 6.45) is 2.18. The molecule has 1 unspecified atom stereocenters. The van der Waals surface area contributed by atoms with Gasteiger partial charge in [-0.1, -0.05) is 54.2 Å². The third kappa shape index (κ3) is 3.20. The summed E-state index contributed by atoms with van der Waals surface area (Å²) in [4.78, 5) is 0. The molecule has 0 amide bonds. The van der Waals surface area contributed by atoms with E-state index in [1.165, 1.54) is 0 Å². The topological polar surface area (TPSA) is 38.0 Å². The summed E-state index contributed by atoms with van der Waals surface area (Å²) in [5.74, 6) is 6.18. The lowest BCUT2D eigenvalue weighted by atomic mass is 9.89. The van der Waals surface area contributed by atoms with Crippen molar-refractivity contribution in [3.8, 4) is 0 Å². The van der Waals surface area contributed by atoms with E-state index in [9.17, 15) is 0 Å². The minimum Gasteiger partial charge on any atom is -0.271 e. The van der Waals surface area contributed by atoms with Gasteiger partial charge in [-0.2, -0.15) is 0 Å². The van der Waals surface area contributed by atoms with Crippen molar-refractivity contribution in [3.05, 3.63) is 33.3 Å². The normalized spacial score (nSPS) is 13.1. The molecule has 0 aliphatic carbocycles. The van der Waals surface area contributed by atoms with Crippen LogP contribution in [0.5, 0.6) is 0 Å². The highest BCUT2D eigenvalue weighted by molar-refractivity contribution is 9.10. The van der Waals surface area contributed by atoms with Gasteiger partial charge in [0.05, 0.1) is 0 Å². The lowest BCUT2D eigenvalue weighted by molar-refractivity contribution is 0.344. The zero-order valence-electron chi connectivity index (χ0n) is 9.63. The molecule has 0 aliphatic heterocycles. The highest BCUT2D eigenvalue weighted by atomic mass is 79.9. The molecular formula is C12H18BrClN2. The maximum absolute atomic E-state index is 6.02. The molecule has 0 aromatic heterocycles. The average molecular weight is 306 g/mol. The molecule has 0 fully saturated rings. The first-order valence-corrected chi connectivity index (χ1v) is 6.72. The van der Waals surface area contributed by atoms with E-state index in [1.54, 1.807) is 0 Å². The minimum atomic E-state index is 0.142. The summed E-state index contributed by atoms with van der Waals surface area (Å²) in [7, 11) is 0. The predicted octanol–water partition coefficient (Wildman–Crippen LogP) is 4.04. The Hall–Kier alpha value is -0.0900. The first-order valence-electron chi connectivity index (χ1n) is 5.55. The van der Waals surface area contributed by atoms with Gasteiger partial charge >= 0.3 is 0 Å². The van der Waals surface area contributed by atoms with E-state index in [0.717, 1.165) is 27.9 Å². The number of hydrogen-bond donors (Lipinski definition) is 2. The SMILES string of the molecule is CCC(CC)C(NN)c1cc(Cl)ccc1Br. The van der Waals surface area contributed by atoms with Gasteiger partial charge in [-0.05, 0) is 29.7 Å². The molecule has 1 atom stereocenters. The van der Waals surface area contributed by atoms with Gasteiger partial charge < -0.3 is 0 Å². The molecule has 0 heterocycles. The number of rotatable bonds is 5. The van der Waals surface area contributed by atoms with Gasteiger partial charge in [-0.3, -0.25) is 11.3 Å². The Morgan fingerprint density at radius 2 is 2.00 bits per heavy atom. The maximum Gasteiger partial charge on any atom is 0.0499 e. The Morgan fingerprint density at radius 3 is 2.50 bits per heavy atom. The van der Waals surface area contributed by atoms with Crippen LogP contribution in [0.3, 0.4) is 0 Å². The monoisotopic (exact) mass is 304 g/mol. The molecule has 1 aromatic carbocycles. The standard InChI is InChI=1S/C12H18BrClN2/c1-3-8(4-2)12(16-15)10-7-9(14)5-6-11(10)13/h5-8,12,16H,3-4,15H2,1-2H3. The molecule has 90 valence electrons. The van der Waals surface area contributed by atoms with Gasteiger partial charge in [-0.25, -0.2) is 0 Å². The summed E-state index contributed by atoms with van der Waals surface area (Å²) in [6.45, 7) is 4.36. The molecule has 2 nitrogen and oxygen atoms in total. The van der Waals surface area contributed by atoms with Gasteiger partial charge in [0.1, 0.15) is 0 Å². The number of nitrogens with two attached hydrogens (primary N) is 1. The van der Waals surface area contributed by atoms with Gasteiger partial charge in [0, 0.05) is 15.5 Å². The zero-order chi connectivity index (χ0) is 12.1. The highest BCUT2D eigenvalue weighted by Crippen LogP contribution is 2.33. The quantitative estimate of drug-likeness (QED) is 0.636. The van der Waals surface area contributed by atoms with Crippen LogP contribution in [-0.4, -0.2) is 0 Å². The van der Waals surface area contributed by atoms with Crippen molar-refractivity contribution in [1.82, 2.24) is 5.43 Å². The summed E-state index contributed by atoms with van der Waals surface area (Å²) >= 11 is 9.56. The van der Waals surface area contributed by atoms with Crippen LogP contribution in [0.25, 0.3) is 0 Å². The Kier molecular flexibility index (Phi) is 5.76. The minimum absolute atomic E-state index is 0.142. The Balaban J connectivity index is 3.06. The first-order chi connectivity index (χ1) is 7.63. The van der Waals surface area contributed by atoms with Crippen LogP contribution in [0.2, 0.25) is 5.02 Å². The van der Waals surface area contributed by atoms with Crippen LogP contribution >= 0.6 is 27.5 Å². The molecular weight excluding hydrogens is 288 g/mol. The highest BCUT2D eigenvalue weighted by Gasteiger charge is 2.21. The van der Waals surface area contributed by atoms with Crippen LogP contribution in [0.4, 0.5) is 0 Å². The first kappa shape index (κ1) is 14.0. The van der Waals surface area contributed by atoms with Gasteiger partial charge in [0.2, 0.25) is 0 Å². The van der Waals surface area contributed by atoms with Crippen LogP contribution in [0.15, 0.2) is 22.7 Å². The third-order valence-corrected chi connectivity index (χ3v) is 3.95. The van der Waals surface area contributed by atoms with Crippen LogP contribution in [0, 0.1) is 5.92 Å². The molecule has 0 bridgehead atoms. The average Bonchev–Trinajstić information content (AvgIpc) is 2.29. The Labute approximate surface area is 111 Å². The summed E-state index contributed by atoms with van der Waals surface area (Å²) in [5, 5.41) is 0.740. The number of benzene rings is 1. The molecule has 0 spiro atoms. The smallest absolute Gasteiger partial charge is 0.0499 e. The molecule has 0 radical (unpaired) electrons. The van der Waals surface area contributed by atoms with Crippen molar-refractivity contribution in [3.63, 3.8) is 0 Å². The zero-order valence-corrected chi connectivity index (χ0v) is 12.0. The fourth-order valence-electron chi connectivity index (χ4n) is 1.99. The van der Waals surface area contributed by atoms with Crippen LogP contribution in [-0.2, 0) is 0 Å². The van der Waals surface area contributed by atoms with Crippen molar-refractivity contribution in [2.24, 2.45) is 11.8 Å². The molecule has 1 rings (SSSR count). The molecule has 0 saturated carbocycles. The van der Waals surface area contributed by atoms with Gasteiger partial charge in [0.15, 0.2) is 0 Å². The number of halogens is 2. The fraction of sp³-hybridized carbons (Fsp3) is 0.500. The van der Waals surface area contributed by atoms with E-state index >= 15 is 0 Å². The summed E-state index contributed by atoms with van der Waals surface area (Å²) in [6, 6.07) is 5.94. The van der Waals surface area contributed by atoms with Crippen LogP contribution < -0.4 is 11.3 Å². The third-order valence-electron chi connectivity index (χ3n) is 2.99. The van der Waals surface area contributed by atoms with Crippen molar-refractivity contribution < 1.29 is 0 Å². The van der Waals surface area contributed by atoms with E-state index in [-0.39, 0.29) is 6.04 Å². The van der Waals surface area contributed by atoms with E-state index in [0.29, 0.717) is 5.92 Å². The number of nitrogens with one attached hydrogen (secondary N) is 1.